The molecule has 1 N–H and O–H groups in total. The Morgan fingerprint density at radius 3 is 2.67 bits per heavy atom. The molecule has 27 heavy (non-hydrogen) atoms. The van der Waals surface area contributed by atoms with E-state index in [-0.39, 0.29) is 17.9 Å². The first-order valence-corrected chi connectivity index (χ1v) is 9.38. The van der Waals surface area contributed by atoms with Crippen LogP contribution in [0, 0.1) is 0 Å². The smallest absolute Gasteiger partial charge is 0.255 e. The largest absolute Gasteiger partial charge is 0.349 e. The first-order valence-electron chi connectivity index (χ1n) is 9.00. The minimum atomic E-state index is -0.129. The van der Waals surface area contributed by atoms with E-state index in [2.05, 4.69) is 15.4 Å². The van der Waals surface area contributed by atoms with E-state index in [9.17, 15) is 4.79 Å². The predicted octanol–water partition coefficient (Wildman–Crippen LogP) is 4.41. The number of carbonyl (C=O) groups is 1. The van der Waals surface area contributed by atoms with Crippen LogP contribution in [0.25, 0.3) is 5.82 Å². The van der Waals surface area contributed by atoms with Crippen LogP contribution in [0.5, 0.6) is 0 Å². The molecule has 2 aromatic heterocycles. The van der Waals surface area contributed by atoms with Crippen LogP contribution in [0.4, 0.5) is 0 Å². The van der Waals surface area contributed by atoms with Gasteiger partial charge in [-0.25, -0.2) is 9.67 Å². The molecule has 5 nitrogen and oxygen atoms in total. The van der Waals surface area contributed by atoms with Gasteiger partial charge in [0.05, 0.1) is 17.5 Å². The molecule has 140 valence electrons. The second-order valence-corrected chi connectivity index (χ2v) is 7.34. The molecule has 1 atom stereocenters. The van der Waals surface area contributed by atoms with Crippen molar-refractivity contribution in [1.29, 1.82) is 0 Å². The minimum Gasteiger partial charge on any atom is -0.349 e. The normalized spacial score (nSPS) is 12.2. The van der Waals surface area contributed by atoms with Gasteiger partial charge < -0.3 is 5.32 Å². The molecule has 0 aliphatic carbocycles. The van der Waals surface area contributed by atoms with Gasteiger partial charge in [0, 0.05) is 17.3 Å². The topological polar surface area (TPSA) is 59.8 Å². The van der Waals surface area contributed by atoms with Crippen molar-refractivity contribution in [2.24, 2.45) is 0 Å². The van der Waals surface area contributed by atoms with Crippen LogP contribution < -0.4 is 5.32 Å². The van der Waals surface area contributed by atoms with Crippen molar-refractivity contribution < 1.29 is 4.79 Å². The minimum absolute atomic E-state index is 0.0332. The van der Waals surface area contributed by atoms with Gasteiger partial charge in [0.15, 0.2) is 5.82 Å². The zero-order chi connectivity index (χ0) is 19.4. The van der Waals surface area contributed by atoms with Crippen molar-refractivity contribution in [2.75, 3.05) is 0 Å². The maximum Gasteiger partial charge on any atom is 0.255 e. The van der Waals surface area contributed by atoms with E-state index < -0.39 is 0 Å². The first-order chi connectivity index (χ1) is 13.0. The molecule has 0 saturated carbocycles. The van der Waals surface area contributed by atoms with Gasteiger partial charge in [-0.05, 0) is 49.1 Å². The number of nitrogens with zero attached hydrogens (tertiary/aromatic N) is 3. The average molecular weight is 383 g/mol. The number of pyridine rings is 1. The van der Waals surface area contributed by atoms with Crippen LogP contribution in [0.15, 0.2) is 54.9 Å². The van der Waals surface area contributed by atoms with Gasteiger partial charge in [-0.3, -0.25) is 4.79 Å². The Balaban J connectivity index is 1.79. The Hall–Kier alpha value is -2.66. The molecule has 0 saturated heterocycles. The zero-order valence-electron chi connectivity index (χ0n) is 15.7. The third kappa shape index (κ3) is 4.55. The van der Waals surface area contributed by atoms with Gasteiger partial charge in [-0.1, -0.05) is 43.6 Å². The molecule has 0 aliphatic rings. The molecular formula is C21H23ClN4O. The van der Waals surface area contributed by atoms with E-state index >= 15 is 0 Å². The number of nitrogens with one attached hydrogen (secondary N) is 1. The van der Waals surface area contributed by atoms with Crippen LogP contribution in [0.1, 0.15) is 48.3 Å². The molecule has 0 bridgehead atoms. The average Bonchev–Trinajstić information content (AvgIpc) is 3.08. The number of amides is 1. The van der Waals surface area contributed by atoms with Crippen LogP contribution in [-0.2, 0) is 6.42 Å². The van der Waals surface area contributed by atoms with E-state index in [1.165, 1.54) is 0 Å². The first kappa shape index (κ1) is 19.1. The molecule has 0 fully saturated rings. The van der Waals surface area contributed by atoms with Gasteiger partial charge in [-0.15, -0.1) is 0 Å². The number of carbonyl (C=O) groups excluding carboxylic acids is 1. The highest BCUT2D eigenvalue weighted by molar-refractivity contribution is 6.30. The standard InChI is InChI=1S/C21H23ClN4O/c1-14(2)20-18(13-24-26(20)19-9-4-5-10-23-19)21(27)25-15(3)11-16-7-6-8-17(22)12-16/h4-10,12-15H,11H2,1-3H3,(H,25,27)/t15-/m1/s1. The molecule has 0 radical (unpaired) electrons. The lowest BCUT2D eigenvalue weighted by atomic mass is 10.0. The van der Waals surface area contributed by atoms with Gasteiger partial charge in [0.25, 0.3) is 5.91 Å². The quantitative estimate of drug-likeness (QED) is 0.687. The van der Waals surface area contributed by atoms with E-state index in [0.29, 0.717) is 22.8 Å². The predicted molar refractivity (Wildman–Crippen MR) is 108 cm³/mol. The molecule has 1 aromatic carbocycles. The second-order valence-electron chi connectivity index (χ2n) is 6.91. The summed E-state index contributed by atoms with van der Waals surface area (Å²) >= 11 is 6.04. The summed E-state index contributed by atoms with van der Waals surface area (Å²) in [5.74, 6) is 0.695. The Kier molecular flexibility index (Phi) is 5.91. The molecular weight excluding hydrogens is 360 g/mol. The zero-order valence-corrected chi connectivity index (χ0v) is 16.4. The fraction of sp³-hybridized carbons (Fsp3) is 0.286. The van der Waals surface area contributed by atoms with E-state index in [4.69, 9.17) is 11.6 Å². The summed E-state index contributed by atoms with van der Waals surface area (Å²) in [5, 5.41) is 8.17. The van der Waals surface area contributed by atoms with Crippen molar-refractivity contribution in [1.82, 2.24) is 20.1 Å². The molecule has 0 unspecified atom stereocenters. The van der Waals surface area contributed by atoms with Gasteiger partial charge in [0.2, 0.25) is 0 Å². The summed E-state index contributed by atoms with van der Waals surface area (Å²) in [6.07, 6.45) is 4.04. The number of hydrogen-bond acceptors (Lipinski definition) is 3. The summed E-state index contributed by atoms with van der Waals surface area (Å²) < 4.78 is 1.74. The van der Waals surface area contributed by atoms with E-state index in [1.54, 1.807) is 17.1 Å². The lowest BCUT2D eigenvalue weighted by Gasteiger charge is -2.16. The Bertz CT molecular complexity index is 921. The maximum absolute atomic E-state index is 12.9. The van der Waals surface area contributed by atoms with Crippen LogP contribution >= 0.6 is 11.6 Å². The third-order valence-electron chi connectivity index (χ3n) is 4.27. The molecule has 0 aliphatic heterocycles. The fourth-order valence-corrected chi connectivity index (χ4v) is 3.33. The number of rotatable bonds is 6. The maximum atomic E-state index is 12.9. The van der Waals surface area contributed by atoms with Crippen LogP contribution in [0.2, 0.25) is 5.02 Å². The van der Waals surface area contributed by atoms with Gasteiger partial charge in [-0.2, -0.15) is 5.10 Å². The number of hydrogen-bond donors (Lipinski definition) is 1. The fourth-order valence-electron chi connectivity index (χ4n) is 3.12. The molecule has 0 spiro atoms. The molecule has 2 heterocycles. The molecule has 6 heteroatoms. The highest BCUT2D eigenvalue weighted by atomic mass is 35.5. The molecule has 1 amide bonds. The van der Waals surface area contributed by atoms with Crippen LogP contribution in [-0.4, -0.2) is 26.7 Å². The summed E-state index contributed by atoms with van der Waals surface area (Å²) in [7, 11) is 0. The summed E-state index contributed by atoms with van der Waals surface area (Å²) in [6.45, 7) is 6.07. The number of halogens is 1. The highest BCUT2D eigenvalue weighted by Gasteiger charge is 2.22. The summed E-state index contributed by atoms with van der Waals surface area (Å²) in [5.41, 5.74) is 2.51. The van der Waals surface area contributed by atoms with Gasteiger partial charge >= 0.3 is 0 Å². The summed E-state index contributed by atoms with van der Waals surface area (Å²) in [6, 6.07) is 13.3. The highest BCUT2D eigenvalue weighted by Crippen LogP contribution is 2.22. The summed E-state index contributed by atoms with van der Waals surface area (Å²) in [4.78, 5) is 17.2. The Labute approximate surface area is 164 Å². The van der Waals surface area contributed by atoms with Crippen molar-refractivity contribution in [3.63, 3.8) is 0 Å². The SMILES string of the molecule is CC(C)c1c(C(=O)N[C@H](C)Cc2cccc(Cl)c2)cnn1-c1ccccn1. The third-order valence-corrected chi connectivity index (χ3v) is 4.51. The van der Waals surface area contributed by atoms with Crippen molar-refractivity contribution in [3.8, 4) is 5.82 Å². The van der Waals surface area contributed by atoms with Crippen LogP contribution in [0.3, 0.4) is 0 Å². The lowest BCUT2D eigenvalue weighted by Crippen LogP contribution is -2.34. The molecule has 3 aromatic rings. The monoisotopic (exact) mass is 382 g/mol. The Morgan fingerprint density at radius 2 is 2.00 bits per heavy atom. The van der Waals surface area contributed by atoms with Crippen molar-refractivity contribution >= 4 is 17.5 Å². The Morgan fingerprint density at radius 1 is 1.19 bits per heavy atom. The number of benzene rings is 1. The molecule has 3 rings (SSSR count). The second kappa shape index (κ2) is 8.35. The number of aromatic nitrogens is 3. The van der Waals surface area contributed by atoms with Gasteiger partial charge in [0.1, 0.15) is 0 Å². The lowest BCUT2D eigenvalue weighted by molar-refractivity contribution is 0.0938. The van der Waals surface area contributed by atoms with Crippen molar-refractivity contribution in [2.45, 2.75) is 39.2 Å². The van der Waals surface area contributed by atoms with Crippen molar-refractivity contribution in [3.05, 3.63) is 76.7 Å². The van der Waals surface area contributed by atoms with E-state index in [0.717, 1.165) is 11.3 Å². The van der Waals surface area contributed by atoms with E-state index in [1.807, 2.05) is 63.2 Å².